The minimum absolute atomic E-state index is 0.124. The van der Waals surface area contributed by atoms with E-state index in [-0.39, 0.29) is 23.7 Å². The number of carbonyl (C=O) groups excluding carboxylic acids is 1. The van der Waals surface area contributed by atoms with E-state index in [1.807, 2.05) is 13.8 Å². The molecule has 1 rings (SSSR count). The molecular weight excluding hydrogens is 386 g/mol. The van der Waals surface area contributed by atoms with Crippen molar-refractivity contribution in [1.29, 1.82) is 0 Å². The van der Waals surface area contributed by atoms with Gasteiger partial charge in [0.15, 0.2) is 11.5 Å². The maximum Gasteiger partial charge on any atom is 0.311 e. The first-order valence-corrected chi connectivity index (χ1v) is 11.0. The molecule has 0 aliphatic rings. The highest BCUT2D eigenvalue weighted by Crippen LogP contribution is 2.42. The zero-order chi connectivity index (χ0) is 22.9. The van der Waals surface area contributed by atoms with Gasteiger partial charge in [0.05, 0.1) is 16.4 Å². The van der Waals surface area contributed by atoms with Gasteiger partial charge in [-0.1, -0.05) is 40.0 Å². The van der Waals surface area contributed by atoms with Gasteiger partial charge >= 0.3 is 5.97 Å². The molecule has 0 radical (unpaired) electrons. The number of aromatic hydroxyl groups is 2. The number of phenolic OH excluding ortho intramolecular Hbond substituents is 2. The molecule has 1 aromatic rings. The smallest absolute Gasteiger partial charge is 0.311 e. The third-order valence-electron chi connectivity index (χ3n) is 5.67. The number of nitrogens with zero attached hydrogens (tertiary/aromatic N) is 1. The monoisotopic (exact) mass is 423 g/mol. The first-order valence-electron chi connectivity index (χ1n) is 11.0. The highest BCUT2D eigenvalue weighted by Gasteiger charge is 2.36. The van der Waals surface area contributed by atoms with Gasteiger partial charge in [0.25, 0.3) is 5.69 Å². The largest absolute Gasteiger partial charge is 0.504 e. The van der Waals surface area contributed by atoms with Gasteiger partial charge in [-0.2, -0.15) is 0 Å². The van der Waals surface area contributed by atoms with Crippen molar-refractivity contribution >= 4 is 11.7 Å². The van der Waals surface area contributed by atoms with Gasteiger partial charge in [-0.15, -0.1) is 0 Å². The average Bonchev–Trinajstić information content (AvgIpc) is 2.69. The Morgan fingerprint density at radius 2 is 1.73 bits per heavy atom. The molecule has 0 fully saturated rings. The van der Waals surface area contributed by atoms with Gasteiger partial charge < -0.3 is 14.9 Å². The predicted molar refractivity (Wildman–Crippen MR) is 117 cm³/mol. The first-order chi connectivity index (χ1) is 14.1. The summed E-state index contributed by atoms with van der Waals surface area (Å²) in [7, 11) is 0. The van der Waals surface area contributed by atoms with Crippen molar-refractivity contribution in [1.82, 2.24) is 0 Å². The molecule has 30 heavy (non-hydrogen) atoms. The van der Waals surface area contributed by atoms with Gasteiger partial charge in [0.2, 0.25) is 0 Å². The van der Waals surface area contributed by atoms with Crippen LogP contribution in [0.2, 0.25) is 0 Å². The van der Waals surface area contributed by atoms with Crippen molar-refractivity contribution in [3.63, 3.8) is 0 Å². The molecule has 0 saturated heterocycles. The molecule has 0 saturated carbocycles. The molecule has 7 nitrogen and oxygen atoms in total. The molecule has 0 aliphatic heterocycles. The second-order valence-electron chi connectivity index (χ2n) is 8.63. The van der Waals surface area contributed by atoms with E-state index < -0.39 is 21.8 Å². The lowest BCUT2D eigenvalue weighted by Crippen LogP contribution is -2.32. The summed E-state index contributed by atoms with van der Waals surface area (Å²) in [5, 5.41) is 31.0. The van der Waals surface area contributed by atoms with Crippen molar-refractivity contribution < 1.29 is 24.7 Å². The van der Waals surface area contributed by atoms with Gasteiger partial charge in [-0.05, 0) is 57.9 Å². The van der Waals surface area contributed by atoms with E-state index in [0.717, 1.165) is 38.2 Å². The molecule has 0 bridgehead atoms. The summed E-state index contributed by atoms with van der Waals surface area (Å²) in [5.74, 6) is -1.60. The first kappa shape index (κ1) is 25.7. The molecule has 0 amide bonds. The van der Waals surface area contributed by atoms with Crippen LogP contribution in [0.15, 0.2) is 12.1 Å². The van der Waals surface area contributed by atoms with Crippen LogP contribution >= 0.6 is 0 Å². The van der Waals surface area contributed by atoms with Gasteiger partial charge in [-0.25, -0.2) is 0 Å². The van der Waals surface area contributed by atoms with Crippen LogP contribution in [-0.2, 0) is 9.53 Å². The van der Waals surface area contributed by atoms with Crippen molar-refractivity contribution in [3.05, 3.63) is 27.8 Å². The van der Waals surface area contributed by atoms with Crippen LogP contribution in [0.5, 0.6) is 11.5 Å². The van der Waals surface area contributed by atoms with Crippen LogP contribution in [0, 0.1) is 15.5 Å². The summed E-state index contributed by atoms with van der Waals surface area (Å²) in [6.07, 6.45) is 6.81. The minimum Gasteiger partial charge on any atom is -0.504 e. The number of esters is 1. The number of ether oxygens (including phenoxy) is 1. The van der Waals surface area contributed by atoms with E-state index in [4.69, 9.17) is 4.74 Å². The fourth-order valence-electron chi connectivity index (χ4n) is 3.70. The summed E-state index contributed by atoms with van der Waals surface area (Å²) in [6, 6.07) is 2.19. The fourth-order valence-corrected chi connectivity index (χ4v) is 3.70. The Morgan fingerprint density at radius 1 is 1.10 bits per heavy atom. The zero-order valence-electron chi connectivity index (χ0n) is 18.9. The van der Waals surface area contributed by atoms with Crippen molar-refractivity contribution in [2.24, 2.45) is 5.41 Å². The van der Waals surface area contributed by atoms with Gasteiger partial charge in [0, 0.05) is 5.56 Å². The maximum absolute atomic E-state index is 12.9. The summed E-state index contributed by atoms with van der Waals surface area (Å²) in [4.78, 5) is 23.8. The number of hydrogen-bond acceptors (Lipinski definition) is 6. The molecule has 0 aliphatic carbocycles. The number of unbranched alkanes of at least 4 members (excludes halogenated alkanes) is 3. The Morgan fingerprint density at radius 3 is 2.27 bits per heavy atom. The van der Waals surface area contributed by atoms with Crippen LogP contribution in [0.4, 0.5) is 5.69 Å². The van der Waals surface area contributed by atoms with Crippen LogP contribution in [0.25, 0.3) is 0 Å². The Kier molecular flexibility index (Phi) is 10.1. The predicted octanol–water partition coefficient (Wildman–Crippen LogP) is 6.21. The second kappa shape index (κ2) is 11.8. The van der Waals surface area contributed by atoms with Gasteiger partial charge in [0.1, 0.15) is 6.10 Å². The number of hydrogen-bond donors (Lipinski definition) is 2. The van der Waals surface area contributed by atoms with Crippen LogP contribution in [0.1, 0.15) is 97.5 Å². The molecule has 0 spiro atoms. The van der Waals surface area contributed by atoms with E-state index in [1.54, 1.807) is 13.8 Å². The van der Waals surface area contributed by atoms with Gasteiger partial charge in [-0.3, -0.25) is 14.9 Å². The minimum atomic E-state index is -0.848. The summed E-state index contributed by atoms with van der Waals surface area (Å²) in [5.41, 5.74) is -0.798. The van der Waals surface area contributed by atoms with Crippen LogP contribution < -0.4 is 0 Å². The molecule has 1 aromatic carbocycles. The highest BCUT2D eigenvalue weighted by molar-refractivity contribution is 5.76. The Labute approximate surface area is 179 Å². The van der Waals surface area contributed by atoms with E-state index in [9.17, 15) is 25.1 Å². The average molecular weight is 424 g/mol. The summed E-state index contributed by atoms with van der Waals surface area (Å²) >= 11 is 0. The van der Waals surface area contributed by atoms with E-state index in [0.29, 0.717) is 18.4 Å². The number of nitro groups is 1. The zero-order valence-corrected chi connectivity index (χ0v) is 18.9. The Hall–Kier alpha value is -2.31. The quantitative estimate of drug-likeness (QED) is 0.128. The van der Waals surface area contributed by atoms with Crippen molar-refractivity contribution in [2.75, 3.05) is 0 Å². The van der Waals surface area contributed by atoms with E-state index in [2.05, 4.69) is 6.92 Å². The maximum atomic E-state index is 12.9. The molecule has 2 unspecified atom stereocenters. The number of nitro benzene ring substituents is 1. The highest BCUT2D eigenvalue weighted by atomic mass is 16.6. The second-order valence-corrected chi connectivity index (χ2v) is 8.63. The standard InChI is InChI=1S/C23H37NO6/c1-6-9-10-11-12-17(8-3)30-22(27)23(4,5)15-16(7-2)18-13-20(25)21(26)14-19(18)24(28)29/h13-14,16-17,25-26H,6-12,15H2,1-5H3. The third-order valence-corrected chi connectivity index (χ3v) is 5.67. The molecule has 2 atom stereocenters. The fraction of sp³-hybridized carbons (Fsp3) is 0.696. The molecule has 7 heteroatoms. The lowest BCUT2D eigenvalue weighted by molar-refractivity contribution is -0.385. The van der Waals surface area contributed by atoms with Crippen molar-refractivity contribution in [2.45, 2.75) is 98.0 Å². The normalized spacial score (nSPS) is 13.6. The number of benzene rings is 1. The van der Waals surface area contributed by atoms with E-state index >= 15 is 0 Å². The molecule has 0 heterocycles. The SMILES string of the molecule is CCCCCCC(CC)OC(=O)C(C)(C)CC(CC)c1cc(O)c(O)cc1[N+](=O)[O-]. The summed E-state index contributed by atoms with van der Waals surface area (Å²) < 4.78 is 5.78. The Bertz CT molecular complexity index is 716. The van der Waals surface area contributed by atoms with E-state index in [1.165, 1.54) is 12.5 Å². The molecular formula is C23H37NO6. The molecule has 170 valence electrons. The van der Waals surface area contributed by atoms with Crippen LogP contribution in [0.3, 0.4) is 0 Å². The third kappa shape index (κ3) is 7.18. The number of rotatable bonds is 13. The van der Waals surface area contributed by atoms with Crippen molar-refractivity contribution in [3.8, 4) is 11.5 Å². The van der Waals surface area contributed by atoms with Crippen LogP contribution in [-0.4, -0.2) is 27.2 Å². The number of phenols is 2. The lowest BCUT2D eigenvalue weighted by Gasteiger charge is -2.29. The summed E-state index contributed by atoms with van der Waals surface area (Å²) in [6.45, 7) is 9.61. The number of carbonyl (C=O) groups is 1. The topological polar surface area (TPSA) is 110 Å². The Balaban J connectivity index is 2.95. The lowest BCUT2D eigenvalue weighted by atomic mass is 9.78. The molecule has 2 N–H and O–H groups in total. The molecule has 0 aromatic heterocycles.